The van der Waals surface area contributed by atoms with Crippen LogP contribution in [0.2, 0.25) is 0 Å². The lowest BCUT2D eigenvalue weighted by Crippen LogP contribution is -2.01. The maximum absolute atomic E-state index is 12.4. The molecule has 0 amide bonds. The molecule has 0 saturated carbocycles. The Bertz CT molecular complexity index is 1730. The van der Waals surface area contributed by atoms with Gasteiger partial charge in [0.2, 0.25) is 0 Å². The minimum atomic E-state index is -1.23. The number of para-hydroxylation sites is 4. The number of nitrogens with two attached hydrogens (primary N) is 2. The summed E-state index contributed by atoms with van der Waals surface area (Å²) in [4.78, 5) is 15.1. The van der Waals surface area contributed by atoms with E-state index in [4.69, 9.17) is 11.5 Å². The molecule has 0 fully saturated rings. The van der Waals surface area contributed by atoms with E-state index in [0.717, 1.165) is 44.3 Å². The van der Waals surface area contributed by atoms with Crippen LogP contribution in [-0.4, -0.2) is 33.8 Å². The second-order valence-corrected chi connectivity index (χ2v) is 12.1. The van der Waals surface area contributed by atoms with Crippen molar-refractivity contribution in [2.45, 2.75) is 35.7 Å². The molecule has 4 aromatic carbocycles. The summed E-state index contributed by atoms with van der Waals surface area (Å²) in [6.45, 7) is 3.98. The van der Waals surface area contributed by atoms with Crippen molar-refractivity contribution < 1.29 is 13.9 Å². The normalized spacial score (nSPS) is 12.3. The zero-order valence-corrected chi connectivity index (χ0v) is 24.3. The molecule has 0 bridgehead atoms. The Labute approximate surface area is 242 Å². The number of nitrogens with one attached hydrogen (secondary N) is 2. The number of rotatable bonds is 6. The highest BCUT2D eigenvalue weighted by Gasteiger charge is 2.14. The van der Waals surface area contributed by atoms with Crippen molar-refractivity contribution in [2.24, 2.45) is 0 Å². The van der Waals surface area contributed by atoms with Gasteiger partial charge in [0.25, 0.3) is 0 Å². The summed E-state index contributed by atoms with van der Waals surface area (Å²) in [7, 11) is -2.46. The van der Waals surface area contributed by atoms with E-state index < -0.39 is 21.6 Å². The number of H-pyrrole nitrogens is 2. The van der Waals surface area contributed by atoms with Gasteiger partial charge in [-0.2, -0.15) is 0 Å². The summed E-state index contributed by atoms with van der Waals surface area (Å²) in [5.41, 5.74) is 20.5. The molecule has 0 aliphatic heterocycles. The van der Waals surface area contributed by atoms with E-state index >= 15 is 0 Å². The van der Waals surface area contributed by atoms with Crippen LogP contribution < -0.4 is 11.5 Å². The molecule has 0 aliphatic rings. The van der Waals surface area contributed by atoms with Crippen molar-refractivity contribution in [1.29, 1.82) is 0 Å². The third kappa shape index (κ3) is 6.71. The number of anilines is 2. The number of hydrogen-bond acceptors (Lipinski definition) is 6. The van der Waals surface area contributed by atoms with E-state index in [1.54, 1.807) is 0 Å². The number of nitrogen functional groups attached to an aromatic ring is 2. The van der Waals surface area contributed by atoms with Crippen LogP contribution in [0.4, 0.5) is 11.4 Å². The molecule has 0 spiro atoms. The molecule has 2 atom stereocenters. The third-order valence-corrected chi connectivity index (χ3v) is 8.90. The summed E-state index contributed by atoms with van der Waals surface area (Å²) in [5, 5.41) is 0.995. The summed E-state index contributed by atoms with van der Waals surface area (Å²) in [5.74, 6) is 0.733. The van der Waals surface area contributed by atoms with Crippen LogP contribution in [-0.2, 0) is 33.1 Å². The first-order valence-electron chi connectivity index (χ1n) is 12.6. The summed E-state index contributed by atoms with van der Waals surface area (Å²) >= 11 is 0. The largest absolute Gasteiger partial charge is 0.412 e. The zero-order chi connectivity index (χ0) is 28.2. The minimum Gasteiger partial charge on any atom is -0.412 e. The molecule has 2 unspecified atom stereocenters. The van der Waals surface area contributed by atoms with Crippen LogP contribution in [0.15, 0.2) is 95.2 Å². The smallest absolute Gasteiger partial charge is 0.197 e. The van der Waals surface area contributed by atoms with Gasteiger partial charge in [0.15, 0.2) is 10.3 Å². The molecule has 0 aliphatic carbocycles. The zero-order valence-electron chi connectivity index (χ0n) is 22.7. The number of fused-ring (bicyclic) bond motifs is 2. The van der Waals surface area contributed by atoms with Gasteiger partial charge in [0.05, 0.1) is 55.2 Å². The number of aryl methyl sites for hydroxylation is 2. The summed E-state index contributed by atoms with van der Waals surface area (Å²) in [6.07, 6.45) is 0. The Morgan fingerprint density at radius 3 is 1.37 bits per heavy atom. The van der Waals surface area contributed by atoms with Gasteiger partial charge >= 0.3 is 0 Å². The van der Waals surface area contributed by atoms with Crippen molar-refractivity contribution in [3.05, 3.63) is 107 Å². The van der Waals surface area contributed by atoms with Crippen molar-refractivity contribution in [3.8, 4) is 0 Å². The standard InChI is InChI=1S/2C15H15N3OS.H2O/c2*1-10-5-4-8-13-14(10)18-15(17-13)20(19)9-11-6-2-3-7-12(11)16;/h2*2-8H,9,16H2,1H3,(H,17,18);1H2. The van der Waals surface area contributed by atoms with Crippen molar-refractivity contribution in [1.82, 2.24) is 19.9 Å². The highest BCUT2D eigenvalue weighted by atomic mass is 32.2. The fourth-order valence-electron chi connectivity index (χ4n) is 4.27. The van der Waals surface area contributed by atoms with Gasteiger partial charge in [-0.25, -0.2) is 9.97 Å². The van der Waals surface area contributed by atoms with Crippen LogP contribution in [0, 0.1) is 13.8 Å². The molecular formula is C30H32N6O3S2. The first kappa shape index (κ1) is 29.7. The Kier molecular flexibility index (Phi) is 9.33. The second kappa shape index (κ2) is 12.9. The second-order valence-electron chi connectivity index (χ2n) is 9.40. The fourth-order valence-corrected chi connectivity index (χ4v) is 6.47. The summed E-state index contributed by atoms with van der Waals surface area (Å²) < 4.78 is 24.8. The van der Waals surface area contributed by atoms with Gasteiger partial charge < -0.3 is 26.9 Å². The van der Waals surface area contributed by atoms with Gasteiger partial charge in [-0.1, -0.05) is 60.7 Å². The van der Waals surface area contributed by atoms with Gasteiger partial charge in [0, 0.05) is 11.4 Å². The minimum absolute atomic E-state index is 0. The van der Waals surface area contributed by atoms with Gasteiger partial charge in [0.1, 0.15) is 0 Å². The molecule has 2 heterocycles. The highest BCUT2D eigenvalue weighted by molar-refractivity contribution is 7.84. The molecule has 0 saturated heterocycles. The first-order valence-corrected chi connectivity index (χ1v) is 15.3. The van der Waals surface area contributed by atoms with Gasteiger partial charge in [-0.15, -0.1) is 0 Å². The van der Waals surface area contributed by atoms with Crippen LogP contribution in [0.1, 0.15) is 22.3 Å². The molecule has 9 nitrogen and oxygen atoms in total. The number of benzene rings is 4. The van der Waals surface area contributed by atoms with Crippen LogP contribution in [0.5, 0.6) is 0 Å². The quantitative estimate of drug-likeness (QED) is 0.205. The highest BCUT2D eigenvalue weighted by Crippen LogP contribution is 2.22. The lowest BCUT2D eigenvalue weighted by molar-refractivity contribution is 0.676. The lowest BCUT2D eigenvalue weighted by Gasteiger charge is -2.03. The molecule has 0 radical (unpaired) electrons. The number of aromatic nitrogens is 4. The van der Waals surface area contributed by atoms with E-state index in [2.05, 4.69) is 19.9 Å². The molecule has 8 N–H and O–H groups in total. The fraction of sp³-hybridized carbons (Fsp3) is 0.133. The predicted octanol–water partition coefficient (Wildman–Crippen LogP) is 4.70. The van der Waals surface area contributed by atoms with E-state index in [1.807, 2.05) is 98.8 Å². The van der Waals surface area contributed by atoms with E-state index in [1.165, 1.54) is 0 Å². The average molecular weight is 589 g/mol. The van der Waals surface area contributed by atoms with Crippen molar-refractivity contribution in [2.75, 3.05) is 11.5 Å². The maximum atomic E-state index is 12.4. The average Bonchev–Trinajstić information content (AvgIpc) is 3.58. The molecule has 212 valence electrons. The topological polar surface area (TPSA) is 175 Å². The third-order valence-electron chi connectivity index (χ3n) is 6.50. The Morgan fingerprint density at radius 2 is 1.00 bits per heavy atom. The van der Waals surface area contributed by atoms with Crippen LogP contribution >= 0.6 is 0 Å². The maximum Gasteiger partial charge on any atom is 0.197 e. The number of hydrogen-bond donors (Lipinski definition) is 4. The molecule has 6 rings (SSSR count). The molecule has 6 aromatic rings. The Balaban J connectivity index is 0.000000184. The Morgan fingerprint density at radius 1 is 0.610 bits per heavy atom. The summed E-state index contributed by atoms with van der Waals surface area (Å²) in [6, 6.07) is 26.7. The molecule has 2 aromatic heterocycles. The van der Waals surface area contributed by atoms with Crippen molar-refractivity contribution in [3.63, 3.8) is 0 Å². The van der Waals surface area contributed by atoms with Gasteiger partial charge in [-0.05, 0) is 60.4 Å². The molecular weight excluding hydrogens is 557 g/mol. The van der Waals surface area contributed by atoms with E-state index in [9.17, 15) is 8.42 Å². The molecule has 11 heteroatoms. The van der Waals surface area contributed by atoms with Gasteiger partial charge in [-0.3, -0.25) is 8.42 Å². The monoisotopic (exact) mass is 588 g/mol. The molecule has 41 heavy (non-hydrogen) atoms. The number of aromatic amines is 2. The number of nitrogens with zero attached hydrogens (tertiary/aromatic N) is 2. The lowest BCUT2D eigenvalue weighted by atomic mass is 10.2. The SMILES string of the molecule is Cc1cccc2[nH]c(S(=O)Cc3ccccc3N)nc12.Cc1cccc2[nH]c(S(=O)Cc3ccccc3N)nc12.O. The Hall–Kier alpha value is -4.32. The van der Waals surface area contributed by atoms with Crippen molar-refractivity contribution >= 4 is 55.0 Å². The van der Waals surface area contributed by atoms with Crippen LogP contribution in [0.25, 0.3) is 22.1 Å². The number of imidazole rings is 2. The van der Waals surface area contributed by atoms with Crippen LogP contribution in [0.3, 0.4) is 0 Å². The first-order chi connectivity index (χ1) is 19.3. The predicted molar refractivity (Wildman–Crippen MR) is 167 cm³/mol. The van der Waals surface area contributed by atoms with E-state index in [0.29, 0.717) is 33.2 Å². The van der Waals surface area contributed by atoms with E-state index in [-0.39, 0.29) is 5.48 Å².